The predicted molar refractivity (Wildman–Crippen MR) is 237 cm³/mol. The molecule has 1 unspecified atom stereocenters. The molecule has 0 spiro atoms. The van der Waals surface area contributed by atoms with Gasteiger partial charge in [0, 0.05) is 35.4 Å². The average molecular weight is 919 g/mol. The van der Waals surface area contributed by atoms with Crippen molar-refractivity contribution in [2.45, 2.75) is 154 Å². The van der Waals surface area contributed by atoms with Crippen LogP contribution in [0.1, 0.15) is 135 Å². The number of hydrogen-bond donors (Lipinski definition) is 3. The third-order valence-electron chi connectivity index (χ3n) is 11.7. The first kappa shape index (κ1) is 51.9. The molecule has 0 aromatic heterocycles. The van der Waals surface area contributed by atoms with E-state index in [1.807, 2.05) is 65.3 Å². The Morgan fingerprint density at radius 3 is 1.92 bits per heavy atom. The van der Waals surface area contributed by atoms with E-state index in [9.17, 15) is 45.6 Å². The fourth-order valence-corrected chi connectivity index (χ4v) is 9.20. The predicted octanol–water partition coefficient (Wildman–Crippen LogP) is 7.36. The summed E-state index contributed by atoms with van der Waals surface area (Å²) in [6, 6.07) is 3.95. The normalized spacial score (nSPS) is 19.3. The minimum absolute atomic E-state index is 0.00157. The van der Waals surface area contributed by atoms with Gasteiger partial charge < -0.3 is 25.0 Å². The van der Waals surface area contributed by atoms with E-state index < -0.39 is 81.6 Å². The zero-order chi connectivity index (χ0) is 48.1. The Labute approximate surface area is 375 Å². The smallest absolute Gasteiger partial charge is 0.452 e. The van der Waals surface area contributed by atoms with E-state index in [2.05, 4.69) is 10.6 Å². The van der Waals surface area contributed by atoms with Gasteiger partial charge in [0.2, 0.25) is 11.8 Å². The van der Waals surface area contributed by atoms with E-state index in [1.54, 1.807) is 13.8 Å². The number of fused-ring (bicyclic) bond motifs is 1. The zero-order valence-electron chi connectivity index (χ0n) is 38.8. The van der Waals surface area contributed by atoms with Crippen LogP contribution in [0.25, 0.3) is 6.08 Å². The molecule has 2 aromatic rings. The molecular weight excluding hydrogens is 854 g/mol. The number of Topliss-reactive ketones (excluding diaryl/α,β-unsaturated/α-hetero) is 1. The molecule has 0 bridgehead atoms. The van der Waals surface area contributed by atoms with Crippen LogP contribution in [0.15, 0.2) is 47.4 Å². The SMILES string of the molecule is CCOCOc1c(C(C)(C)C)cc(/C=C/C(=O)NS(=O)(=O)c2ccc(C(=O)N[C@H](C(=O)N3[C@H](C(=O)NC(C(=O)C(F)(F)F)C(C)C)C[C@@H]4CCCC[C@@H]43)C(C)C)cc2)cc1C(C)(C)C. The third-order valence-corrected chi connectivity index (χ3v) is 13.1. The van der Waals surface area contributed by atoms with E-state index in [0.717, 1.165) is 42.2 Å². The average Bonchev–Trinajstić information content (AvgIpc) is 3.59. The highest BCUT2D eigenvalue weighted by molar-refractivity contribution is 7.90. The maximum absolute atomic E-state index is 14.4. The van der Waals surface area contributed by atoms with E-state index >= 15 is 0 Å². The number of amides is 4. The van der Waals surface area contributed by atoms with Gasteiger partial charge in [0.15, 0.2) is 6.79 Å². The van der Waals surface area contributed by atoms with Crippen molar-refractivity contribution in [1.29, 1.82) is 0 Å². The first-order valence-electron chi connectivity index (χ1n) is 21.9. The molecule has 1 saturated carbocycles. The Morgan fingerprint density at radius 1 is 0.844 bits per heavy atom. The van der Waals surface area contributed by atoms with Crippen LogP contribution in [0.3, 0.4) is 0 Å². The van der Waals surface area contributed by atoms with Gasteiger partial charge in [-0.15, -0.1) is 0 Å². The molecule has 2 aliphatic rings. The van der Waals surface area contributed by atoms with Crippen LogP contribution in [-0.2, 0) is 44.8 Å². The first-order chi connectivity index (χ1) is 29.6. The van der Waals surface area contributed by atoms with Crippen LogP contribution in [0.4, 0.5) is 13.2 Å². The fourth-order valence-electron chi connectivity index (χ4n) is 8.25. The van der Waals surface area contributed by atoms with Crippen molar-refractivity contribution in [2.75, 3.05) is 13.4 Å². The molecular formula is C47H65F3N4O9S. The fraction of sp³-hybridized carbons (Fsp3) is 0.596. The number of nitrogens with one attached hydrogen (secondary N) is 3. The molecule has 2 fully saturated rings. The Morgan fingerprint density at radius 2 is 1.41 bits per heavy atom. The number of sulfonamides is 1. The lowest BCUT2D eigenvalue weighted by atomic mass is 9.78. The molecule has 64 heavy (non-hydrogen) atoms. The summed E-state index contributed by atoms with van der Waals surface area (Å²) in [4.78, 5) is 68.1. The summed E-state index contributed by atoms with van der Waals surface area (Å²) in [6.07, 6.45) is 0.537. The molecule has 354 valence electrons. The number of ether oxygens (including phenoxy) is 2. The number of benzene rings is 2. The van der Waals surface area contributed by atoms with Gasteiger partial charge in [-0.25, -0.2) is 13.1 Å². The van der Waals surface area contributed by atoms with Gasteiger partial charge in [0.25, 0.3) is 27.6 Å². The molecule has 5 atom stereocenters. The molecule has 4 rings (SSSR count). The minimum Gasteiger partial charge on any atom is -0.467 e. The highest BCUT2D eigenvalue weighted by Crippen LogP contribution is 2.42. The number of halogens is 3. The van der Waals surface area contributed by atoms with Gasteiger partial charge >= 0.3 is 6.18 Å². The summed E-state index contributed by atoms with van der Waals surface area (Å²) in [5.41, 5.74) is 1.69. The highest BCUT2D eigenvalue weighted by atomic mass is 32.2. The van der Waals surface area contributed by atoms with Gasteiger partial charge in [-0.05, 0) is 103 Å². The summed E-state index contributed by atoms with van der Waals surface area (Å²) in [5, 5.41) is 5.00. The number of ketones is 1. The second-order valence-electron chi connectivity index (χ2n) is 19.4. The van der Waals surface area contributed by atoms with Crippen molar-refractivity contribution < 1.29 is 55.0 Å². The number of likely N-dealkylation sites (tertiary alicyclic amines) is 1. The summed E-state index contributed by atoms with van der Waals surface area (Å²) in [7, 11) is -4.40. The lowest BCUT2D eigenvalue weighted by Gasteiger charge is -2.37. The van der Waals surface area contributed by atoms with Crippen molar-refractivity contribution in [3.05, 3.63) is 64.7 Å². The van der Waals surface area contributed by atoms with Gasteiger partial charge in [-0.3, -0.25) is 24.0 Å². The van der Waals surface area contributed by atoms with Gasteiger partial charge in [0.1, 0.15) is 17.8 Å². The van der Waals surface area contributed by atoms with E-state index in [-0.39, 0.29) is 40.4 Å². The molecule has 2 aromatic carbocycles. The second kappa shape index (κ2) is 20.6. The Kier molecular flexibility index (Phi) is 16.7. The van der Waals surface area contributed by atoms with E-state index in [0.29, 0.717) is 30.8 Å². The lowest BCUT2D eigenvalue weighted by Crippen LogP contribution is -2.59. The lowest BCUT2D eigenvalue weighted by molar-refractivity contribution is -0.175. The van der Waals surface area contributed by atoms with Crippen LogP contribution < -0.4 is 20.1 Å². The summed E-state index contributed by atoms with van der Waals surface area (Å²) >= 11 is 0. The molecule has 4 amide bonds. The molecule has 17 heteroatoms. The first-order valence-corrected chi connectivity index (χ1v) is 23.4. The van der Waals surface area contributed by atoms with Crippen molar-refractivity contribution >= 4 is 45.5 Å². The second-order valence-corrected chi connectivity index (χ2v) is 21.1. The highest BCUT2D eigenvalue weighted by Gasteiger charge is 2.51. The van der Waals surface area contributed by atoms with Crippen molar-refractivity contribution in [1.82, 2.24) is 20.3 Å². The van der Waals surface area contributed by atoms with Crippen LogP contribution >= 0.6 is 0 Å². The summed E-state index contributed by atoms with van der Waals surface area (Å²) in [5.74, 6) is -5.98. The van der Waals surface area contributed by atoms with Crippen LogP contribution in [-0.4, -0.2) is 86.5 Å². The van der Waals surface area contributed by atoms with Crippen LogP contribution in [0, 0.1) is 17.8 Å². The molecule has 0 radical (unpaired) electrons. The van der Waals surface area contributed by atoms with Gasteiger partial charge in [0.05, 0.1) is 10.9 Å². The summed E-state index contributed by atoms with van der Waals surface area (Å²) < 4.78 is 80.6. The van der Waals surface area contributed by atoms with Crippen molar-refractivity contribution in [3.63, 3.8) is 0 Å². The Hall–Kier alpha value is -4.77. The molecule has 13 nitrogen and oxygen atoms in total. The quantitative estimate of drug-likeness (QED) is 0.0883. The Bertz CT molecular complexity index is 2140. The molecule has 1 saturated heterocycles. The zero-order valence-corrected chi connectivity index (χ0v) is 39.6. The number of rotatable bonds is 16. The van der Waals surface area contributed by atoms with Gasteiger partial charge in [-0.2, -0.15) is 13.2 Å². The molecule has 1 heterocycles. The van der Waals surface area contributed by atoms with E-state index in [4.69, 9.17) is 9.47 Å². The number of hydrogen-bond acceptors (Lipinski definition) is 9. The van der Waals surface area contributed by atoms with Gasteiger partial charge in [-0.1, -0.05) is 82.1 Å². The summed E-state index contributed by atoms with van der Waals surface area (Å²) in [6.45, 7) is 20.8. The van der Waals surface area contributed by atoms with E-state index in [1.165, 1.54) is 37.0 Å². The van der Waals surface area contributed by atoms with Crippen LogP contribution in [0.5, 0.6) is 5.75 Å². The monoisotopic (exact) mass is 918 g/mol. The number of carbonyl (C=O) groups excluding carboxylic acids is 5. The molecule has 1 aliphatic carbocycles. The van der Waals surface area contributed by atoms with Crippen molar-refractivity contribution in [3.8, 4) is 5.75 Å². The third kappa shape index (κ3) is 12.7. The Balaban J connectivity index is 1.51. The largest absolute Gasteiger partial charge is 0.467 e. The molecule has 1 aliphatic heterocycles. The number of alkyl halides is 3. The number of carbonyl (C=O) groups is 5. The van der Waals surface area contributed by atoms with Crippen molar-refractivity contribution in [2.24, 2.45) is 17.8 Å². The minimum atomic E-state index is -5.18. The maximum atomic E-state index is 14.4. The molecule has 3 N–H and O–H groups in total. The van der Waals surface area contributed by atoms with Crippen LogP contribution in [0.2, 0.25) is 0 Å². The number of nitrogens with zero attached hydrogens (tertiary/aromatic N) is 1. The maximum Gasteiger partial charge on any atom is 0.452 e. The standard InChI is InChI=1S/C47H65F3N4O9S/c1-12-62-26-63-40-33(45(6,7)8)23-29(24-34(40)46(9,10)11)17-22-37(55)53-64(60,61)32-20-18-30(19-21-32)42(57)52-39(28(4)5)44(59)54-35-16-14-13-15-31(35)25-36(54)43(58)51-38(27(2)3)41(56)47(48,49)50/h17-24,27-28,31,35-36,38-39H,12-16,25-26H2,1-11H3,(H,51,58)(H,52,57)(H,53,55)/b22-17+/t31-,35-,36-,38?,39-/m0/s1. The topological polar surface area (TPSA) is 177 Å².